The number of carbonyl (C=O) groups excluding carboxylic acids is 1. The van der Waals surface area contributed by atoms with Crippen molar-refractivity contribution in [3.05, 3.63) is 58.4 Å². The molecule has 0 fully saturated rings. The molecule has 0 unspecified atom stereocenters. The monoisotopic (exact) mass is 402 g/mol. The number of methoxy groups -OCH3 is 2. The number of rotatable bonds is 6. The van der Waals surface area contributed by atoms with E-state index < -0.39 is 12.1 Å². The summed E-state index contributed by atoms with van der Waals surface area (Å²) >= 11 is 6.14. The van der Waals surface area contributed by atoms with Crippen molar-refractivity contribution in [2.75, 3.05) is 14.2 Å². The Morgan fingerprint density at radius 3 is 2.46 bits per heavy atom. The van der Waals surface area contributed by atoms with Gasteiger partial charge in [0, 0.05) is 5.56 Å². The molecule has 0 saturated heterocycles. The highest BCUT2D eigenvalue weighted by Gasteiger charge is 2.22. The molecule has 0 radical (unpaired) electrons. The van der Waals surface area contributed by atoms with Crippen LogP contribution in [0.1, 0.15) is 34.8 Å². The highest BCUT2D eigenvalue weighted by atomic mass is 35.5. The molecule has 0 spiro atoms. The Hall–Kier alpha value is -3.06. The number of ether oxygens (including phenoxy) is 3. The zero-order chi connectivity index (χ0) is 20.3. The van der Waals surface area contributed by atoms with Crippen LogP contribution in [0.5, 0.6) is 11.5 Å². The van der Waals surface area contributed by atoms with E-state index in [1.807, 2.05) is 31.2 Å². The topological polar surface area (TPSA) is 83.7 Å². The molecule has 3 aromatic rings. The lowest BCUT2D eigenvalue weighted by Crippen LogP contribution is -2.10. The van der Waals surface area contributed by atoms with Gasteiger partial charge in [0.15, 0.2) is 17.6 Å². The number of nitrogens with zero attached hydrogens (tertiary/aromatic N) is 2. The fourth-order valence-corrected chi connectivity index (χ4v) is 2.81. The van der Waals surface area contributed by atoms with Crippen molar-refractivity contribution in [3.63, 3.8) is 0 Å². The zero-order valence-electron chi connectivity index (χ0n) is 15.9. The molecule has 0 amide bonds. The molecule has 0 aliphatic heterocycles. The smallest absolute Gasteiger partial charge is 0.339 e. The third kappa shape index (κ3) is 4.09. The van der Waals surface area contributed by atoms with Crippen molar-refractivity contribution in [1.82, 2.24) is 10.2 Å². The number of carbonyl (C=O) groups is 1. The van der Waals surface area contributed by atoms with E-state index in [1.54, 1.807) is 6.92 Å². The summed E-state index contributed by atoms with van der Waals surface area (Å²) in [5.41, 5.74) is 2.13. The number of aryl methyl sites for hydroxylation is 1. The van der Waals surface area contributed by atoms with Gasteiger partial charge < -0.3 is 18.6 Å². The third-order valence-electron chi connectivity index (χ3n) is 4.04. The minimum Gasteiger partial charge on any atom is -0.493 e. The summed E-state index contributed by atoms with van der Waals surface area (Å²) in [5.74, 6) is 0.607. The number of aromatic nitrogens is 2. The number of benzene rings is 2. The Morgan fingerprint density at radius 2 is 1.82 bits per heavy atom. The van der Waals surface area contributed by atoms with E-state index in [4.69, 9.17) is 30.2 Å². The Kier molecular flexibility index (Phi) is 5.84. The molecule has 3 rings (SSSR count). The lowest BCUT2D eigenvalue weighted by Gasteiger charge is -2.13. The largest absolute Gasteiger partial charge is 0.493 e. The van der Waals surface area contributed by atoms with Gasteiger partial charge in [-0.25, -0.2) is 4.79 Å². The lowest BCUT2D eigenvalue weighted by atomic mass is 10.1. The fourth-order valence-electron chi connectivity index (χ4n) is 2.53. The summed E-state index contributed by atoms with van der Waals surface area (Å²) in [4.78, 5) is 12.5. The van der Waals surface area contributed by atoms with Gasteiger partial charge >= 0.3 is 5.97 Å². The Labute approximate surface area is 167 Å². The first-order chi connectivity index (χ1) is 13.4. The first kappa shape index (κ1) is 19.7. The summed E-state index contributed by atoms with van der Waals surface area (Å²) < 4.78 is 21.4. The maximum Gasteiger partial charge on any atom is 0.339 e. The van der Waals surface area contributed by atoms with Crippen molar-refractivity contribution in [1.29, 1.82) is 0 Å². The van der Waals surface area contributed by atoms with E-state index in [0.29, 0.717) is 17.4 Å². The van der Waals surface area contributed by atoms with E-state index >= 15 is 0 Å². The summed E-state index contributed by atoms with van der Waals surface area (Å²) in [7, 11) is 2.92. The van der Waals surface area contributed by atoms with Crippen LogP contribution in [0.15, 0.2) is 40.8 Å². The van der Waals surface area contributed by atoms with Crippen LogP contribution < -0.4 is 9.47 Å². The average molecular weight is 403 g/mol. The van der Waals surface area contributed by atoms with Gasteiger partial charge in [-0.2, -0.15) is 0 Å². The van der Waals surface area contributed by atoms with Crippen LogP contribution in [-0.2, 0) is 4.74 Å². The average Bonchev–Trinajstić information content (AvgIpc) is 3.18. The second-order valence-corrected chi connectivity index (χ2v) is 6.46. The minimum atomic E-state index is -0.744. The molecule has 0 aliphatic carbocycles. The van der Waals surface area contributed by atoms with Gasteiger partial charge in [-0.1, -0.05) is 29.3 Å². The van der Waals surface area contributed by atoms with Crippen molar-refractivity contribution in [2.24, 2.45) is 0 Å². The van der Waals surface area contributed by atoms with Gasteiger partial charge in [-0.15, -0.1) is 10.2 Å². The quantitative estimate of drug-likeness (QED) is 0.555. The van der Waals surface area contributed by atoms with Crippen LogP contribution in [0, 0.1) is 6.92 Å². The van der Waals surface area contributed by atoms with Crippen LogP contribution in [0.25, 0.3) is 11.5 Å². The molecule has 8 heteroatoms. The lowest BCUT2D eigenvalue weighted by molar-refractivity contribution is 0.0279. The summed E-state index contributed by atoms with van der Waals surface area (Å²) in [6.45, 7) is 3.64. The molecular weight excluding hydrogens is 384 g/mol. The first-order valence-corrected chi connectivity index (χ1v) is 8.83. The van der Waals surface area contributed by atoms with E-state index in [0.717, 1.165) is 11.1 Å². The number of hydrogen-bond donors (Lipinski definition) is 0. The van der Waals surface area contributed by atoms with Gasteiger partial charge in [0.05, 0.1) is 24.8 Å². The summed E-state index contributed by atoms with van der Waals surface area (Å²) in [6, 6.07) is 10.6. The van der Waals surface area contributed by atoms with E-state index in [-0.39, 0.29) is 16.5 Å². The fraction of sp³-hybridized carbons (Fsp3) is 0.250. The molecule has 0 saturated carbocycles. The van der Waals surface area contributed by atoms with Gasteiger partial charge in [0.25, 0.3) is 5.89 Å². The second kappa shape index (κ2) is 8.31. The predicted octanol–water partition coefficient (Wildman–Crippen LogP) is 4.63. The molecule has 0 aliphatic rings. The van der Waals surface area contributed by atoms with Crippen molar-refractivity contribution in [2.45, 2.75) is 20.0 Å². The van der Waals surface area contributed by atoms with E-state index in [1.165, 1.54) is 26.4 Å². The molecule has 2 aromatic carbocycles. The van der Waals surface area contributed by atoms with E-state index in [9.17, 15) is 4.79 Å². The summed E-state index contributed by atoms with van der Waals surface area (Å²) in [6.07, 6.45) is -0.744. The first-order valence-electron chi connectivity index (χ1n) is 8.46. The van der Waals surface area contributed by atoms with Crippen LogP contribution >= 0.6 is 11.6 Å². The Bertz CT molecular complexity index is 985. The number of halogens is 1. The van der Waals surface area contributed by atoms with Crippen molar-refractivity contribution < 1.29 is 23.4 Å². The SMILES string of the molecule is COc1cc(C(=O)O[C@@H](C)c2nnc(-c3ccc(C)cc3)o2)cc(Cl)c1OC. The van der Waals surface area contributed by atoms with Crippen LogP contribution in [0.2, 0.25) is 5.02 Å². The van der Waals surface area contributed by atoms with Gasteiger partial charge in [0.1, 0.15) is 0 Å². The highest BCUT2D eigenvalue weighted by molar-refractivity contribution is 6.32. The number of hydrogen-bond acceptors (Lipinski definition) is 7. The van der Waals surface area contributed by atoms with Crippen LogP contribution in [0.4, 0.5) is 0 Å². The minimum absolute atomic E-state index is 0.190. The molecule has 146 valence electrons. The Morgan fingerprint density at radius 1 is 1.11 bits per heavy atom. The van der Waals surface area contributed by atoms with Crippen molar-refractivity contribution in [3.8, 4) is 23.0 Å². The third-order valence-corrected chi connectivity index (χ3v) is 4.32. The van der Waals surface area contributed by atoms with Crippen LogP contribution in [0.3, 0.4) is 0 Å². The Balaban J connectivity index is 1.76. The standard InChI is InChI=1S/C20H19ClN2O5/c1-11-5-7-13(8-6-11)19-23-22-18(28-19)12(2)27-20(24)14-9-15(21)17(26-4)16(10-14)25-3/h5-10,12H,1-4H3/t12-/m0/s1. The molecule has 1 aromatic heterocycles. The molecule has 28 heavy (non-hydrogen) atoms. The zero-order valence-corrected chi connectivity index (χ0v) is 16.6. The summed E-state index contributed by atoms with van der Waals surface area (Å²) in [5, 5.41) is 8.23. The molecule has 0 N–H and O–H groups in total. The molecule has 1 heterocycles. The van der Waals surface area contributed by atoms with Crippen LogP contribution in [-0.4, -0.2) is 30.4 Å². The second-order valence-electron chi connectivity index (χ2n) is 6.05. The van der Waals surface area contributed by atoms with Gasteiger partial charge in [-0.05, 0) is 38.1 Å². The van der Waals surface area contributed by atoms with Gasteiger partial charge in [0.2, 0.25) is 5.89 Å². The maximum atomic E-state index is 12.5. The molecular formula is C20H19ClN2O5. The molecule has 1 atom stereocenters. The maximum absolute atomic E-state index is 12.5. The molecule has 7 nitrogen and oxygen atoms in total. The predicted molar refractivity (Wildman–Crippen MR) is 103 cm³/mol. The van der Waals surface area contributed by atoms with Gasteiger partial charge in [-0.3, -0.25) is 0 Å². The van der Waals surface area contributed by atoms with Crippen molar-refractivity contribution >= 4 is 17.6 Å². The number of esters is 1. The van der Waals surface area contributed by atoms with E-state index in [2.05, 4.69) is 10.2 Å². The normalized spacial score (nSPS) is 11.8. The highest BCUT2D eigenvalue weighted by Crippen LogP contribution is 2.36. The molecule has 0 bridgehead atoms.